The lowest BCUT2D eigenvalue weighted by molar-refractivity contribution is -0.147. The minimum absolute atomic E-state index is 0.0835. The van der Waals surface area contributed by atoms with E-state index in [-0.39, 0.29) is 24.5 Å². The summed E-state index contributed by atoms with van der Waals surface area (Å²) in [6.07, 6.45) is 37.9. The molecule has 0 aromatic rings. The second kappa shape index (κ2) is 34.0. The number of aliphatic carboxylic acids is 1. The van der Waals surface area contributed by atoms with Crippen molar-refractivity contribution in [2.45, 2.75) is 206 Å². The van der Waals surface area contributed by atoms with E-state index in [1.807, 2.05) is 0 Å². The van der Waals surface area contributed by atoms with E-state index in [1.165, 1.54) is 116 Å². The molecule has 0 aliphatic carbocycles. The molecule has 6 heteroatoms. The molecule has 1 amide bonds. The largest absolute Gasteiger partial charge is 0.480 e. The molecule has 0 aromatic heterocycles. The summed E-state index contributed by atoms with van der Waals surface area (Å²) in [5.74, 6) is -1.32. The van der Waals surface area contributed by atoms with E-state index in [2.05, 4.69) is 31.3 Å². The Kier molecular flexibility index (Phi) is 32.6. The topological polar surface area (TPSA) is 92.7 Å². The zero-order valence-corrected chi connectivity index (χ0v) is 29.0. The Morgan fingerprint density at radius 2 is 1.02 bits per heavy atom. The molecule has 258 valence electrons. The molecule has 0 aliphatic rings. The SMILES string of the molecule is CCCCC/C=C\C(CCCCCCC(=O)NCC(=O)O)OC(=O)CCCCCCCCCCCCCCCCCCCC. The van der Waals surface area contributed by atoms with Gasteiger partial charge in [-0.1, -0.05) is 155 Å². The molecule has 44 heavy (non-hydrogen) atoms. The Morgan fingerprint density at radius 3 is 1.52 bits per heavy atom. The van der Waals surface area contributed by atoms with Gasteiger partial charge >= 0.3 is 11.9 Å². The number of nitrogens with one attached hydrogen (secondary N) is 1. The third-order valence-electron chi connectivity index (χ3n) is 8.42. The molecule has 6 nitrogen and oxygen atoms in total. The highest BCUT2D eigenvalue weighted by atomic mass is 16.5. The van der Waals surface area contributed by atoms with Gasteiger partial charge in [-0.2, -0.15) is 0 Å². The summed E-state index contributed by atoms with van der Waals surface area (Å²) >= 11 is 0. The minimum atomic E-state index is -1.03. The molecule has 0 rings (SSSR count). The molecule has 0 fully saturated rings. The lowest BCUT2D eigenvalue weighted by atomic mass is 10.0. The number of carbonyl (C=O) groups is 3. The van der Waals surface area contributed by atoms with E-state index in [9.17, 15) is 14.4 Å². The second-order valence-electron chi connectivity index (χ2n) is 12.8. The van der Waals surface area contributed by atoms with Crippen LogP contribution in [0.3, 0.4) is 0 Å². The van der Waals surface area contributed by atoms with E-state index in [0.29, 0.717) is 12.8 Å². The van der Waals surface area contributed by atoms with Crippen molar-refractivity contribution in [2.24, 2.45) is 0 Å². The number of hydrogen-bond donors (Lipinski definition) is 2. The summed E-state index contributed by atoms with van der Waals surface area (Å²) in [5.41, 5.74) is 0. The molecule has 0 heterocycles. The number of rotatable bonds is 34. The van der Waals surface area contributed by atoms with Crippen LogP contribution in [0.1, 0.15) is 200 Å². The summed E-state index contributed by atoms with van der Waals surface area (Å²) in [4.78, 5) is 34.7. The lowest BCUT2D eigenvalue weighted by Gasteiger charge is -2.15. The monoisotopic (exact) mass is 622 g/mol. The third kappa shape index (κ3) is 33.1. The quantitative estimate of drug-likeness (QED) is 0.0423. The Bertz CT molecular complexity index is 693. The molecule has 1 atom stereocenters. The van der Waals surface area contributed by atoms with Crippen LogP contribution in [-0.4, -0.2) is 35.6 Å². The van der Waals surface area contributed by atoms with Crippen LogP contribution in [0.25, 0.3) is 0 Å². The summed E-state index contributed by atoms with van der Waals surface area (Å²) in [6.45, 7) is 4.16. The van der Waals surface area contributed by atoms with Crippen molar-refractivity contribution in [3.8, 4) is 0 Å². The highest BCUT2D eigenvalue weighted by Gasteiger charge is 2.12. The highest BCUT2D eigenvalue weighted by Crippen LogP contribution is 2.16. The van der Waals surface area contributed by atoms with Gasteiger partial charge in [-0.3, -0.25) is 14.4 Å². The van der Waals surface area contributed by atoms with Crippen LogP contribution in [0, 0.1) is 0 Å². The lowest BCUT2D eigenvalue weighted by Crippen LogP contribution is -2.28. The van der Waals surface area contributed by atoms with Gasteiger partial charge in [0, 0.05) is 12.8 Å². The first kappa shape index (κ1) is 42.1. The van der Waals surface area contributed by atoms with Gasteiger partial charge in [0.25, 0.3) is 0 Å². The number of hydrogen-bond acceptors (Lipinski definition) is 4. The van der Waals surface area contributed by atoms with E-state index >= 15 is 0 Å². The predicted molar refractivity (Wildman–Crippen MR) is 185 cm³/mol. The van der Waals surface area contributed by atoms with Crippen LogP contribution in [0.4, 0.5) is 0 Å². The number of carboxylic acids is 1. The van der Waals surface area contributed by atoms with Crippen LogP contribution in [-0.2, 0) is 19.1 Å². The van der Waals surface area contributed by atoms with E-state index < -0.39 is 5.97 Å². The fourth-order valence-electron chi connectivity index (χ4n) is 5.60. The number of carboxylic acid groups (broad SMARTS) is 1. The van der Waals surface area contributed by atoms with Crippen molar-refractivity contribution in [1.29, 1.82) is 0 Å². The maximum Gasteiger partial charge on any atom is 0.322 e. The first-order chi connectivity index (χ1) is 21.5. The van der Waals surface area contributed by atoms with Gasteiger partial charge in [0.15, 0.2) is 0 Å². The normalized spacial score (nSPS) is 12.0. The zero-order chi connectivity index (χ0) is 32.4. The number of unbranched alkanes of at least 4 members (excludes halogenated alkanes) is 23. The zero-order valence-electron chi connectivity index (χ0n) is 29.0. The van der Waals surface area contributed by atoms with E-state index in [1.54, 1.807) is 0 Å². The van der Waals surface area contributed by atoms with Gasteiger partial charge in [-0.05, 0) is 44.6 Å². The average Bonchev–Trinajstić information content (AvgIpc) is 3.00. The summed E-state index contributed by atoms with van der Waals surface area (Å²) in [7, 11) is 0. The molecule has 0 saturated heterocycles. The van der Waals surface area contributed by atoms with Crippen LogP contribution < -0.4 is 5.32 Å². The number of ether oxygens (including phenoxy) is 1. The third-order valence-corrected chi connectivity index (χ3v) is 8.42. The van der Waals surface area contributed by atoms with Crippen molar-refractivity contribution < 1.29 is 24.2 Å². The molecule has 2 N–H and O–H groups in total. The maximum atomic E-state index is 12.5. The number of carbonyl (C=O) groups excluding carboxylic acids is 2. The highest BCUT2D eigenvalue weighted by molar-refractivity contribution is 5.80. The van der Waals surface area contributed by atoms with Crippen LogP contribution in [0.2, 0.25) is 0 Å². The standard InChI is InChI=1S/C38H71NO5/c1-3-5-7-9-10-11-12-13-14-15-16-17-18-19-20-21-23-29-33-38(43)44-35(30-26-22-8-6-4-2)31-27-24-25-28-32-36(40)39-34-37(41)42/h26,30,35H,3-25,27-29,31-34H2,1-2H3,(H,39,40)(H,41,42)/b30-26-. The Balaban J connectivity index is 3.87. The molecular formula is C38H71NO5. The fourth-order valence-corrected chi connectivity index (χ4v) is 5.60. The van der Waals surface area contributed by atoms with Crippen LogP contribution >= 0.6 is 0 Å². The van der Waals surface area contributed by atoms with Crippen molar-refractivity contribution in [2.75, 3.05) is 6.54 Å². The van der Waals surface area contributed by atoms with E-state index in [4.69, 9.17) is 9.84 Å². The van der Waals surface area contributed by atoms with Gasteiger partial charge in [-0.15, -0.1) is 0 Å². The number of amides is 1. The molecule has 0 radical (unpaired) electrons. The molecule has 0 aromatic carbocycles. The van der Waals surface area contributed by atoms with E-state index in [0.717, 1.165) is 57.8 Å². The molecule has 0 bridgehead atoms. The Hall–Kier alpha value is -1.85. The average molecular weight is 622 g/mol. The van der Waals surface area contributed by atoms with Gasteiger partial charge in [0.1, 0.15) is 12.6 Å². The fraction of sp³-hybridized carbons (Fsp3) is 0.868. The van der Waals surface area contributed by atoms with Crippen molar-refractivity contribution >= 4 is 17.8 Å². The number of esters is 1. The van der Waals surface area contributed by atoms with Crippen LogP contribution in [0.5, 0.6) is 0 Å². The Labute approximate surface area is 271 Å². The first-order valence-electron chi connectivity index (χ1n) is 18.8. The van der Waals surface area contributed by atoms with Crippen molar-refractivity contribution in [3.05, 3.63) is 12.2 Å². The molecule has 1 unspecified atom stereocenters. The summed E-state index contributed by atoms with van der Waals surface area (Å²) in [6, 6.07) is 0. The molecular weight excluding hydrogens is 550 g/mol. The first-order valence-corrected chi connectivity index (χ1v) is 18.8. The summed E-state index contributed by atoms with van der Waals surface area (Å²) in [5, 5.41) is 11.0. The maximum absolute atomic E-state index is 12.5. The van der Waals surface area contributed by atoms with Crippen molar-refractivity contribution in [3.63, 3.8) is 0 Å². The molecule has 0 aliphatic heterocycles. The smallest absolute Gasteiger partial charge is 0.322 e. The summed E-state index contributed by atoms with van der Waals surface area (Å²) < 4.78 is 5.84. The van der Waals surface area contributed by atoms with Gasteiger partial charge in [0.05, 0.1) is 0 Å². The van der Waals surface area contributed by atoms with Gasteiger partial charge < -0.3 is 15.2 Å². The van der Waals surface area contributed by atoms with Crippen molar-refractivity contribution in [1.82, 2.24) is 5.32 Å². The minimum Gasteiger partial charge on any atom is -0.480 e. The van der Waals surface area contributed by atoms with Gasteiger partial charge in [-0.25, -0.2) is 0 Å². The van der Waals surface area contributed by atoms with Crippen LogP contribution in [0.15, 0.2) is 12.2 Å². The predicted octanol–water partition coefficient (Wildman–Crippen LogP) is 11.0. The number of allylic oxidation sites excluding steroid dienone is 1. The Morgan fingerprint density at radius 1 is 0.591 bits per heavy atom. The molecule has 0 spiro atoms. The molecule has 0 saturated carbocycles. The van der Waals surface area contributed by atoms with Gasteiger partial charge in [0.2, 0.25) is 5.91 Å². The second-order valence-corrected chi connectivity index (χ2v) is 12.8.